The molecule has 0 aliphatic carbocycles. The van der Waals surface area contributed by atoms with E-state index in [0.717, 1.165) is 16.8 Å². The van der Waals surface area contributed by atoms with E-state index in [4.69, 9.17) is 0 Å². The van der Waals surface area contributed by atoms with Crippen LogP contribution in [0.25, 0.3) is 5.65 Å². The van der Waals surface area contributed by atoms with Gasteiger partial charge in [-0.15, -0.1) is 0 Å². The summed E-state index contributed by atoms with van der Waals surface area (Å²) in [4.78, 5) is 12.6. The molecule has 0 bridgehead atoms. The van der Waals surface area contributed by atoms with E-state index in [0.29, 0.717) is 18.7 Å². The first-order valence-electron chi connectivity index (χ1n) is 8.03. The maximum absolute atomic E-state index is 12.6. The summed E-state index contributed by atoms with van der Waals surface area (Å²) in [7, 11) is 1.90. The van der Waals surface area contributed by atoms with Crippen molar-refractivity contribution in [3.8, 4) is 0 Å². The highest BCUT2D eigenvalue weighted by molar-refractivity contribution is 5.99. The Morgan fingerprint density at radius 1 is 1.08 bits per heavy atom. The number of nitrogens with zero attached hydrogens (tertiary/aromatic N) is 5. The molecule has 7 heteroatoms. The van der Waals surface area contributed by atoms with Gasteiger partial charge in [0.1, 0.15) is 11.2 Å². The molecule has 0 saturated carbocycles. The molecule has 1 N–H and O–H groups in total. The zero-order chi connectivity index (χ0) is 17.2. The Labute approximate surface area is 144 Å². The third kappa shape index (κ3) is 2.91. The van der Waals surface area contributed by atoms with Gasteiger partial charge in [0.2, 0.25) is 0 Å². The van der Waals surface area contributed by atoms with Crippen molar-refractivity contribution in [2.45, 2.75) is 13.1 Å². The molecule has 0 radical (unpaired) electrons. The highest BCUT2D eigenvalue weighted by Gasteiger charge is 2.15. The molecular formula is C18H18N6O. The lowest BCUT2D eigenvalue weighted by Gasteiger charge is -2.11. The number of amides is 1. The number of carbonyl (C=O) groups excluding carboxylic acids is 1. The van der Waals surface area contributed by atoms with Crippen LogP contribution in [0.15, 0.2) is 61.3 Å². The predicted molar refractivity (Wildman–Crippen MR) is 93.1 cm³/mol. The molecule has 0 unspecified atom stereocenters. The van der Waals surface area contributed by atoms with E-state index in [9.17, 15) is 4.79 Å². The van der Waals surface area contributed by atoms with Crippen LogP contribution in [0.5, 0.6) is 0 Å². The third-order valence-electron chi connectivity index (χ3n) is 4.23. The zero-order valence-electron chi connectivity index (χ0n) is 13.8. The summed E-state index contributed by atoms with van der Waals surface area (Å²) in [6.07, 6.45) is 8.98. The van der Waals surface area contributed by atoms with E-state index in [1.54, 1.807) is 16.9 Å². The number of hydrogen-bond donors (Lipinski definition) is 1. The van der Waals surface area contributed by atoms with Crippen LogP contribution in [0.3, 0.4) is 0 Å². The molecule has 126 valence electrons. The second-order valence-electron chi connectivity index (χ2n) is 5.89. The van der Waals surface area contributed by atoms with Crippen molar-refractivity contribution in [3.05, 3.63) is 78.0 Å². The van der Waals surface area contributed by atoms with Crippen molar-refractivity contribution < 1.29 is 4.79 Å². The maximum Gasteiger partial charge on any atom is 0.256 e. The summed E-state index contributed by atoms with van der Waals surface area (Å²) in [6.45, 7) is 1.13. The van der Waals surface area contributed by atoms with Crippen molar-refractivity contribution in [2.24, 2.45) is 7.05 Å². The van der Waals surface area contributed by atoms with Crippen LogP contribution < -0.4 is 5.32 Å². The first-order chi connectivity index (χ1) is 12.2. The largest absolute Gasteiger partial charge is 0.348 e. The standard InChI is InChI=1S/C18H18N6O/c1-22-9-10-24-18(22)16(12-21-24)17(25)19-11-14-5-2-3-6-15(14)13-23-8-4-7-20-23/h2-10,12H,11,13H2,1H3,(H,19,25). The number of aromatic nitrogens is 5. The molecule has 4 rings (SSSR count). The fraction of sp³-hybridized carbons (Fsp3) is 0.167. The van der Waals surface area contributed by atoms with E-state index >= 15 is 0 Å². The highest BCUT2D eigenvalue weighted by Crippen LogP contribution is 2.13. The molecule has 7 nitrogen and oxygen atoms in total. The van der Waals surface area contributed by atoms with Crippen molar-refractivity contribution in [1.82, 2.24) is 29.3 Å². The predicted octanol–water partition coefficient (Wildman–Crippen LogP) is 1.85. The summed E-state index contributed by atoms with van der Waals surface area (Å²) in [5.41, 5.74) is 3.55. The number of fused-ring (bicyclic) bond motifs is 1. The lowest BCUT2D eigenvalue weighted by atomic mass is 10.1. The van der Waals surface area contributed by atoms with Gasteiger partial charge < -0.3 is 9.88 Å². The highest BCUT2D eigenvalue weighted by atomic mass is 16.1. The Morgan fingerprint density at radius 2 is 1.92 bits per heavy atom. The monoisotopic (exact) mass is 334 g/mol. The summed E-state index contributed by atoms with van der Waals surface area (Å²) in [5.74, 6) is -0.134. The Morgan fingerprint density at radius 3 is 2.72 bits per heavy atom. The second-order valence-corrected chi connectivity index (χ2v) is 5.89. The van der Waals surface area contributed by atoms with Gasteiger partial charge >= 0.3 is 0 Å². The molecule has 0 fully saturated rings. The van der Waals surface area contributed by atoms with Crippen LogP contribution in [0, 0.1) is 0 Å². The van der Waals surface area contributed by atoms with Gasteiger partial charge in [0, 0.05) is 38.4 Å². The quantitative estimate of drug-likeness (QED) is 0.605. The molecule has 1 amide bonds. The average Bonchev–Trinajstić information content (AvgIpc) is 3.34. The van der Waals surface area contributed by atoms with Gasteiger partial charge in [-0.25, -0.2) is 4.52 Å². The number of nitrogens with one attached hydrogen (secondary N) is 1. The first-order valence-corrected chi connectivity index (χ1v) is 8.03. The molecule has 3 aromatic heterocycles. The molecule has 0 aliphatic rings. The Kier molecular flexibility index (Phi) is 3.81. The van der Waals surface area contributed by atoms with Crippen LogP contribution in [0.4, 0.5) is 0 Å². The second kappa shape index (κ2) is 6.27. The van der Waals surface area contributed by atoms with Gasteiger partial charge in [-0.2, -0.15) is 10.2 Å². The number of benzene rings is 1. The molecular weight excluding hydrogens is 316 g/mol. The molecule has 0 aliphatic heterocycles. The van der Waals surface area contributed by atoms with E-state index in [-0.39, 0.29) is 5.91 Å². The molecule has 1 aromatic carbocycles. The van der Waals surface area contributed by atoms with Crippen LogP contribution in [-0.4, -0.2) is 29.9 Å². The SMILES string of the molecule is Cn1ccn2ncc(C(=O)NCc3ccccc3Cn3cccn3)c12. The summed E-state index contributed by atoms with van der Waals surface area (Å²) < 4.78 is 5.44. The number of imidazole rings is 1. The normalized spacial score (nSPS) is 11.1. The zero-order valence-corrected chi connectivity index (χ0v) is 13.8. The Hall–Kier alpha value is -3.35. The fourth-order valence-corrected chi connectivity index (χ4v) is 2.93. The van der Waals surface area contributed by atoms with Crippen molar-refractivity contribution in [1.29, 1.82) is 0 Å². The Bertz CT molecular complexity index is 1010. The van der Waals surface area contributed by atoms with Crippen LogP contribution in [0.2, 0.25) is 0 Å². The van der Waals surface area contributed by atoms with E-state index in [1.807, 2.05) is 59.2 Å². The molecule has 0 spiro atoms. The summed E-state index contributed by atoms with van der Waals surface area (Å²) in [5, 5.41) is 11.4. The number of carbonyl (C=O) groups is 1. The van der Waals surface area contributed by atoms with Gasteiger partial charge in [0.15, 0.2) is 0 Å². The minimum atomic E-state index is -0.134. The van der Waals surface area contributed by atoms with Crippen molar-refractivity contribution in [2.75, 3.05) is 0 Å². The minimum Gasteiger partial charge on any atom is -0.348 e. The average molecular weight is 334 g/mol. The summed E-state index contributed by atoms with van der Waals surface area (Å²) >= 11 is 0. The van der Waals surface area contributed by atoms with Crippen molar-refractivity contribution in [3.63, 3.8) is 0 Å². The number of hydrogen-bond acceptors (Lipinski definition) is 3. The van der Waals surface area contributed by atoms with Gasteiger partial charge in [-0.05, 0) is 17.2 Å². The molecule has 3 heterocycles. The number of aryl methyl sites for hydroxylation is 1. The molecule has 4 aromatic rings. The van der Waals surface area contributed by atoms with E-state index < -0.39 is 0 Å². The Balaban J connectivity index is 1.51. The van der Waals surface area contributed by atoms with Crippen LogP contribution >= 0.6 is 0 Å². The van der Waals surface area contributed by atoms with Crippen LogP contribution in [0.1, 0.15) is 21.5 Å². The van der Waals surface area contributed by atoms with Gasteiger partial charge in [-0.3, -0.25) is 9.48 Å². The van der Waals surface area contributed by atoms with Crippen LogP contribution in [-0.2, 0) is 20.1 Å². The lowest BCUT2D eigenvalue weighted by molar-refractivity contribution is 0.0952. The van der Waals surface area contributed by atoms with E-state index in [1.165, 1.54) is 0 Å². The fourth-order valence-electron chi connectivity index (χ4n) is 2.93. The van der Waals surface area contributed by atoms with Gasteiger partial charge in [0.25, 0.3) is 5.91 Å². The molecule has 0 atom stereocenters. The van der Waals surface area contributed by atoms with Gasteiger partial charge in [0.05, 0.1) is 12.7 Å². The van der Waals surface area contributed by atoms with Crippen molar-refractivity contribution >= 4 is 11.6 Å². The molecule has 25 heavy (non-hydrogen) atoms. The topological polar surface area (TPSA) is 69.2 Å². The summed E-state index contributed by atoms with van der Waals surface area (Å²) in [6, 6.07) is 9.95. The van der Waals surface area contributed by atoms with E-state index in [2.05, 4.69) is 21.6 Å². The smallest absolute Gasteiger partial charge is 0.256 e. The lowest BCUT2D eigenvalue weighted by Crippen LogP contribution is -2.24. The third-order valence-corrected chi connectivity index (χ3v) is 4.23. The first kappa shape index (κ1) is 15.2. The minimum absolute atomic E-state index is 0.134. The maximum atomic E-state index is 12.6. The molecule has 0 saturated heterocycles. The van der Waals surface area contributed by atoms with Gasteiger partial charge in [-0.1, -0.05) is 24.3 Å². The number of rotatable bonds is 5.